The van der Waals surface area contributed by atoms with Gasteiger partial charge in [-0.2, -0.15) is 11.8 Å². The lowest BCUT2D eigenvalue weighted by atomic mass is 9.86. The van der Waals surface area contributed by atoms with E-state index in [1.807, 2.05) is 31.4 Å². The predicted molar refractivity (Wildman–Crippen MR) is 197 cm³/mol. The Kier molecular flexibility index (Phi) is 17.1. The van der Waals surface area contributed by atoms with Crippen LogP contribution in [-0.4, -0.2) is 109 Å². The van der Waals surface area contributed by atoms with Gasteiger partial charge in [-0.15, -0.1) is 0 Å². The number of carboxylic acids is 1. The van der Waals surface area contributed by atoms with Crippen LogP contribution in [0.2, 0.25) is 5.02 Å². The summed E-state index contributed by atoms with van der Waals surface area (Å²) < 4.78 is 17.2. The van der Waals surface area contributed by atoms with E-state index in [-0.39, 0.29) is 42.1 Å². The van der Waals surface area contributed by atoms with E-state index in [9.17, 15) is 19.2 Å². The lowest BCUT2D eigenvalue weighted by molar-refractivity contribution is -0.148. The van der Waals surface area contributed by atoms with Gasteiger partial charge in [0.05, 0.1) is 24.5 Å². The number of benzene rings is 1. The van der Waals surface area contributed by atoms with Crippen molar-refractivity contribution in [3.63, 3.8) is 0 Å². The quantitative estimate of drug-likeness (QED) is 0.319. The lowest BCUT2D eigenvalue weighted by Gasteiger charge is -2.33. The topological polar surface area (TPSA) is 158 Å². The van der Waals surface area contributed by atoms with Crippen LogP contribution < -0.4 is 15.0 Å². The van der Waals surface area contributed by atoms with E-state index < -0.39 is 17.6 Å². The van der Waals surface area contributed by atoms with E-state index in [0.29, 0.717) is 42.1 Å². The van der Waals surface area contributed by atoms with Gasteiger partial charge in [0.1, 0.15) is 22.9 Å². The number of likely N-dealkylation sites (N-methyl/N-ethyl adjacent to an activating group) is 1. The van der Waals surface area contributed by atoms with Crippen LogP contribution in [0, 0.1) is 5.92 Å². The second-order valence-electron chi connectivity index (χ2n) is 12.9. The molecule has 14 heteroatoms. The van der Waals surface area contributed by atoms with Gasteiger partial charge >= 0.3 is 12.1 Å². The number of anilines is 1. The number of methoxy groups -OCH3 is 1. The number of aliphatic hydroxyl groups excluding tert-OH is 1. The highest BCUT2D eigenvalue weighted by Gasteiger charge is 2.57. The van der Waals surface area contributed by atoms with E-state index in [4.69, 9.17) is 36.0 Å². The van der Waals surface area contributed by atoms with Crippen molar-refractivity contribution in [1.29, 1.82) is 0 Å². The minimum atomic E-state index is -0.972. The number of thioether (sulfide) groups is 1. The molecule has 12 nitrogen and oxygen atoms in total. The molecule has 3 aliphatic rings. The molecule has 4 bridgehead atoms. The SMILES string of the molecule is CO.COc1cc2cc(c1Cl)N(C)C(=O)CC[C@]1(C)O[C@H]1[C@H](C)[C@@H]1CC(C/C=C/C=C(\C)C2)NC(=O)O1.CSCCC(=O)N(C)[C@@H](C)C(=O)O. The van der Waals surface area contributed by atoms with Gasteiger partial charge in [0.15, 0.2) is 0 Å². The minimum absolute atomic E-state index is 0.0130. The average molecular weight is 740 g/mol. The highest BCUT2D eigenvalue weighted by atomic mass is 35.5. The summed E-state index contributed by atoms with van der Waals surface area (Å²) in [6.07, 6.45) is 10.8. The second kappa shape index (κ2) is 20.0. The number of rotatable bonds is 6. The first-order valence-electron chi connectivity index (χ1n) is 16.6. The van der Waals surface area contributed by atoms with E-state index in [1.54, 1.807) is 30.8 Å². The Balaban J connectivity index is 0.000000489. The number of alkyl carbamates (subject to hydrolysis) is 1. The summed E-state index contributed by atoms with van der Waals surface area (Å²) in [6, 6.07) is 3.14. The second-order valence-corrected chi connectivity index (χ2v) is 14.3. The normalized spacial score (nSPS) is 27.2. The third-order valence-corrected chi connectivity index (χ3v) is 10.2. The minimum Gasteiger partial charge on any atom is -0.495 e. The number of halogens is 1. The van der Waals surface area contributed by atoms with E-state index in [2.05, 4.69) is 31.3 Å². The average Bonchev–Trinajstić information content (AvgIpc) is 3.78. The summed E-state index contributed by atoms with van der Waals surface area (Å²) in [5, 5.41) is 19.0. The van der Waals surface area contributed by atoms with Crippen molar-refractivity contribution in [2.75, 3.05) is 45.2 Å². The standard InChI is InChI=1S/C27H35ClN2O5.C8H15NO3S.CH4O/c1-16-8-6-7-9-19-15-21(34-26(32)29-19)17(2)25-27(3,35-25)11-10-23(31)30(4)20-13-18(12-16)14-22(33-5)24(20)28;1-6(8(11)12)9(2)7(10)4-5-13-3;1-2/h6-8,13-14,17,19,21,25H,9-12,15H2,1-5H3,(H,29,32);6H,4-5H2,1-3H3,(H,11,12);2H,1H3/b7-6+,16-8+;;/t17-,19?,21+,25+,27+;6-;/m10./s1. The molecule has 50 heavy (non-hydrogen) atoms. The number of ether oxygens (including phenoxy) is 3. The van der Waals surface area contributed by atoms with Crippen molar-refractivity contribution in [2.24, 2.45) is 5.92 Å². The van der Waals surface area contributed by atoms with E-state index in [1.165, 1.54) is 18.9 Å². The number of fused-ring (bicyclic) bond motifs is 5. The first kappa shape index (κ1) is 42.9. The Bertz CT molecular complexity index is 1410. The Morgan fingerprint density at radius 1 is 1.28 bits per heavy atom. The fraction of sp³-hybridized carbons (Fsp3) is 0.611. The van der Waals surface area contributed by atoms with Crippen LogP contribution in [0.4, 0.5) is 10.5 Å². The van der Waals surface area contributed by atoms with Crippen LogP contribution in [0.1, 0.15) is 65.4 Å². The fourth-order valence-corrected chi connectivity index (χ4v) is 6.60. The Morgan fingerprint density at radius 2 is 1.96 bits per heavy atom. The van der Waals surface area contributed by atoms with Gasteiger partial charge in [-0.05, 0) is 64.0 Å². The third kappa shape index (κ3) is 11.9. The van der Waals surface area contributed by atoms with Crippen molar-refractivity contribution in [2.45, 2.75) is 96.1 Å². The summed E-state index contributed by atoms with van der Waals surface area (Å²) in [7, 11) is 5.84. The zero-order valence-corrected chi connectivity index (χ0v) is 32.2. The van der Waals surface area contributed by atoms with Crippen molar-refractivity contribution in [3.05, 3.63) is 46.5 Å². The highest BCUT2D eigenvalue weighted by Crippen LogP contribution is 2.47. The molecule has 1 unspecified atom stereocenters. The van der Waals surface area contributed by atoms with Crippen LogP contribution >= 0.6 is 23.4 Å². The van der Waals surface area contributed by atoms with Crippen LogP contribution in [0.15, 0.2) is 35.9 Å². The molecule has 2 fully saturated rings. The van der Waals surface area contributed by atoms with Crippen molar-refractivity contribution < 1.29 is 43.6 Å². The van der Waals surface area contributed by atoms with Crippen molar-refractivity contribution >= 4 is 52.9 Å². The number of hydrogen-bond acceptors (Lipinski definition) is 9. The van der Waals surface area contributed by atoms with Gasteiger partial charge in [0, 0.05) is 58.2 Å². The van der Waals surface area contributed by atoms with Gasteiger partial charge in [-0.3, -0.25) is 9.59 Å². The van der Waals surface area contributed by atoms with E-state index in [0.717, 1.165) is 36.8 Å². The molecule has 280 valence electrons. The number of hydrogen-bond donors (Lipinski definition) is 3. The summed E-state index contributed by atoms with van der Waals surface area (Å²) in [6.45, 7) is 7.65. The number of aliphatic hydroxyl groups is 1. The molecule has 3 amide bonds. The molecule has 6 atom stereocenters. The number of carboxylic acid groups (broad SMARTS) is 1. The monoisotopic (exact) mass is 739 g/mol. The van der Waals surface area contributed by atoms with Crippen LogP contribution in [0.5, 0.6) is 5.75 Å². The molecule has 0 aromatic heterocycles. The molecule has 0 radical (unpaired) electrons. The first-order valence-corrected chi connectivity index (χ1v) is 18.4. The van der Waals surface area contributed by atoms with Crippen LogP contribution in [-0.2, 0) is 30.3 Å². The number of carbonyl (C=O) groups is 4. The number of epoxide rings is 1. The van der Waals surface area contributed by atoms with Crippen molar-refractivity contribution in [1.82, 2.24) is 10.2 Å². The number of amides is 3. The maximum Gasteiger partial charge on any atom is 0.407 e. The fourth-order valence-electron chi connectivity index (χ4n) is 5.91. The molecule has 1 aromatic carbocycles. The molecule has 4 rings (SSSR count). The Hall–Kier alpha value is -3.26. The van der Waals surface area contributed by atoms with Gasteiger partial charge in [0.2, 0.25) is 11.8 Å². The number of nitrogens with one attached hydrogen (secondary N) is 1. The summed E-state index contributed by atoms with van der Waals surface area (Å²) in [5.74, 6) is 0.169. The molecule has 0 saturated carbocycles. The smallest absolute Gasteiger partial charge is 0.407 e. The molecule has 3 N–H and O–H groups in total. The molecule has 0 spiro atoms. The zero-order valence-electron chi connectivity index (χ0n) is 30.7. The molecule has 1 aromatic rings. The first-order chi connectivity index (χ1) is 23.6. The van der Waals surface area contributed by atoms with Gasteiger partial charge in [0.25, 0.3) is 0 Å². The van der Waals surface area contributed by atoms with Gasteiger partial charge < -0.3 is 39.5 Å². The van der Waals surface area contributed by atoms with Crippen LogP contribution in [0.25, 0.3) is 0 Å². The van der Waals surface area contributed by atoms with Gasteiger partial charge in [-0.1, -0.05) is 42.3 Å². The van der Waals surface area contributed by atoms with Crippen LogP contribution in [0.3, 0.4) is 0 Å². The molecule has 2 saturated heterocycles. The Morgan fingerprint density at radius 3 is 2.58 bits per heavy atom. The molecule has 3 aliphatic heterocycles. The summed E-state index contributed by atoms with van der Waals surface area (Å²) in [4.78, 5) is 50.0. The van der Waals surface area contributed by atoms with Crippen molar-refractivity contribution in [3.8, 4) is 5.75 Å². The third-order valence-electron chi connectivity index (χ3n) is 9.24. The lowest BCUT2D eigenvalue weighted by Crippen LogP contribution is -2.48. The molecular weight excluding hydrogens is 686 g/mol. The summed E-state index contributed by atoms with van der Waals surface area (Å²) >= 11 is 8.17. The molecule has 0 aliphatic carbocycles. The zero-order chi connectivity index (χ0) is 37.8. The highest BCUT2D eigenvalue weighted by molar-refractivity contribution is 7.98. The maximum absolute atomic E-state index is 13.2. The maximum atomic E-state index is 13.2. The largest absolute Gasteiger partial charge is 0.495 e. The molecule has 3 heterocycles. The molecular formula is C36H54ClN3O9S. The number of allylic oxidation sites excluding steroid dienone is 3. The number of nitrogens with zero attached hydrogens (tertiary/aromatic N) is 2. The number of aliphatic carboxylic acids is 1. The van der Waals surface area contributed by atoms with E-state index >= 15 is 0 Å². The predicted octanol–water partition coefficient (Wildman–Crippen LogP) is 5.48. The number of carbonyl (C=O) groups excluding carboxylic acids is 3. The Labute approximate surface area is 305 Å². The summed E-state index contributed by atoms with van der Waals surface area (Å²) in [5.41, 5.74) is 2.37. The van der Waals surface area contributed by atoms with Gasteiger partial charge in [-0.25, -0.2) is 9.59 Å².